The lowest BCUT2D eigenvalue weighted by atomic mass is 10.0. The lowest BCUT2D eigenvalue weighted by molar-refractivity contribution is 0.194. The number of aryl methyl sites for hydroxylation is 2. The molecule has 2 unspecified atom stereocenters. The average molecular weight is 257 g/mol. The molecule has 0 aromatic heterocycles. The molecule has 1 fully saturated rings. The van der Waals surface area contributed by atoms with E-state index < -0.39 is 0 Å². The molecule has 19 heavy (non-hydrogen) atoms. The van der Waals surface area contributed by atoms with Crippen molar-refractivity contribution in [2.24, 2.45) is 0 Å². The summed E-state index contributed by atoms with van der Waals surface area (Å²) >= 11 is 0. The number of nitriles is 1. The largest absolute Gasteiger partial charge is 0.366 e. The van der Waals surface area contributed by atoms with Gasteiger partial charge in [0.05, 0.1) is 12.5 Å². The van der Waals surface area contributed by atoms with E-state index in [1.54, 1.807) is 0 Å². The Balaban J connectivity index is 2.25. The molecule has 1 aliphatic rings. The number of benzene rings is 1. The number of rotatable bonds is 2. The van der Waals surface area contributed by atoms with Crippen molar-refractivity contribution in [2.75, 3.05) is 25.0 Å². The maximum absolute atomic E-state index is 8.95. The first kappa shape index (κ1) is 13.9. The fourth-order valence-corrected chi connectivity index (χ4v) is 3.01. The van der Waals surface area contributed by atoms with Gasteiger partial charge in [0.25, 0.3) is 0 Å². The molecule has 3 nitrogen and oxygen atoms in total. The highest BCUT2D eigenvalue weighted by atomic mass is 15.3. The van der Waals surface area contributed by atoms with Crippen molar-refractivity contribution in [1.82, 2.24) is 4.90 Å². The molecule has 1 aliphatic heterocycles. The zero-order valence-electron chi connectivity index (χ0n) is 12.3. The molecule has 0 N–H and O–H groups in total. The Hall–Kier alpha value is -1.53. The van der Waals surface area contributed by atoms with Crippen molar-refractivity contribution < 1.29 is 0 Å². The summed E-state index contributed by atoms with van der Waals surface area (Å²) in [6.45, 7) is 8.50. The fourth-order valence-electron chi connectivity index (χ4n) is 3.01. The van der Waals surface area contributed by atoms with Crippen molar-refractivity contribution in [2.45, 2.75) is 39.3 Å². The van der Waals surface area contributed by atoms with Crippen molar-refractivity contribution in [3.63, 3.8) is 0 Å². The number of anilines is 1. The molecule has 0 bridgehead atoms. The molecule has 0 spiro atoms. The lowest BCUT2D eigenvalue weighted by Crippen LogP contribution is -2.56. The van der Waals surface area contributed by atoms with Crippen molar-refractivity contribution in [3.8, 4) is 6.07 Å². The summed E-state index contributed by atoms with van der Waals surface area (Å²) in [6.07, 6.45) is 0.602. The van der Waals surface area contributed by atoms with Gasteiger partial charge in [-0.15, -0.1) is 0 Å². The van der Waals surface area contributed by atoms with E-state index in [1.165, 1.54) is 16.8 Å². The second-order valence-corrected chi connectivity index (χ2v) is 5.80. The lowest BCUT2D eigenvalue weighted by Gasteiger charge is -2.44. The zero-order chi connectivity index (χ0) is 14.0. The van der Waals surface area contributed by atoms with Gasteiger partial charge in [-0.25, -0.2) is 0 Å². The van der Waals surface area contributed by atoms with Crippen LogP contribution in [-0.2, 0) is 0 Å². The summed E-state index contributed by atoms with van der Waals surface area (Å²) in [5.74, 6) is 0. The minimum Gasteiger partial charge on any atom is -0.366 e. The van der Waals surface area contributed by atoms with Gasteiger partial charge in [0.2, 0.25) is 0 Å². The Morgan fingerprint density at radius 2 is 1.84 bits per heavy atom. The molecular formula is C16H23N3. The van der Waals surface area contributed by atoms with Gasteiger partial charge in [-0.3, -0.25) is 4.90 Å². The molecule has 0 aliphatic carbocycles. The van der Waals surface area contributed by atoms with Crippen LogP contribution >= 0.6 is 0 Å². The standard InChI is InChI=1S/C16H23N3/c1-12-7-13(2)9-16(8-12)19-11-15(5-6-17)18(4)10-14(19)3/h7-9,14-15H,5,10-11H2,1-4H3. The van der Waals surface area contributed by atoms with Crippen molar-refractivity contribution in [1.29, 1.82) is 5.26 Å². The van der Waals surface area contributed by atoms with Gasteiger partial charge in [0, 0.05) is 30.9 Å². The Labute approximate surface area is 116 Å². The summed E-state index contributed by atoms with van der Waals surface area (Å²) in [4.78, 5) is 4.76. The molecule has 0 amide bonds. The van der Waals surface area contributed by atoms with Crippen LogP contribution in [-0.4, -0.2) is 37.1 Å². The van der Waals surface area contributed by atoms with E-state index in [-0.39, 0.29) is 0 Å². The Morgan fingerprint density at radius 3 is 2.42 bits per heavy atom. The first-order valence-corrected chi connectivity index (χ1v) is 6.93. The van der Waals surface area contributed by atoms with Crippen LogP contribution in [0.2, 0.25) is 0 Å². The van der Waals surface area contributed by atoms with Gasteiger partial charge in [0.1, 0.15) is 0 Å². The number of nitrogens with zero attached hydrogens (tertiary/aromatic N) is 3. The highest BCUT2D eigenvalue weighted by molar-refractivity contribution is 5.52. The van der Waals surface area contributed by atoms with Gasteiger partial charge in [0.15, 0.2) is 0 Å². The number of hydrogen-bond donors (Lipinski definition) is 0. The quantitative estimate of drug-likeness (QED) is 0.816. The predicted octanol–water partition coefficient (Wildman–Crippen LogP) is 2.73. The molecule has 2 atom stereocenters. The molecule has 1 heterocycles. The molecule has 1 saturated heterocycles. The molecule has 0 saturated carbocycles. The van der Waals surface area contributed by atoms with Gasteiger partial charge in [-0.1, -0.05) is 6.07 Å². The van der Waals surface area contributed by atoms with E-state index in [9.17, 15) is 0 Å². The predicted molar refractivity (Wildman–Crippen MR) is 79.4 cm³/mol. The molecule has 1 aromatic rings. The first-order valence-electron chi connectivity index (χ1n) is 6.93. The minimum atomic E-state index is 0.335. The van der Waals surface area contributed by atoms with Crippen LogP contribution in [0.5, 0.6) is 0 Å². The summed E-state index contributed by atoms with van der Waals surface area (Å²) in [5.41, 5.74) is 3.90. The molecule has 2 rings (SSSR count). The van der Waals surface area contributed by atoms with Crippen LogP contribution in [0, 0.1) is 25.2 Å². The number of likely N-dealkylation sites (N-methyl/N-ethyl adjacent to an activating group) is 1. The second kappa shape index (κ2) is 5.63. The molecule has 3 heteroatoms. The fraction of sp³-hybridized carbons (Fsp3) is 0.562. The third kappa shape index (κ3) is 3.08. The van der Waals surface area contributed by atoms with Crippen LogP contribution in [0.1, 0.15) is 24.5 Å². The summed E-state index contributed by atoms with van der Waals surface area (Å²) in [6, 6.07) is 9.83. The van der Waals surface area contributed by atoms with Gasteiger partial charge >= 0.3 is 0 Å². The van der Waals surface area contributed by atoms with E-state index in [0.717, 1.165) is 13.1 Å². The SMILES string of the molecule is Cc1cc(C)cc(N2CC(CC#N)N(C)CC2C)c1. The van der Waals surface area contributed by atoms with Crippen LogP contribution in [0.15, 0.2) is 18.2 Å². The molecule has 0 radical (unpaired) electrons. The monoisotopic (exact) mass is 257 g/mol. The van der Waals surface area contributed by atoms with Crippen molar-refractivity contribution >= 4 is 5.69 Å². The van der Waals surface area contributed by atoms with Gasteiger partial charge < -0.3 is 4.90 Å². The maximum Gasteiger partial charge on any atom is 0.0638 e. The van der Waals surface area contributed by atoms with E-state index in [1.807, 2.05) is 0 Å². The van der Waals surface area contributed by atoms with E-state index in [0.29, 0.717) is 18.5 Å². The van der Waals surface area contributed by atoms with Crippen LogP contribution in [0.25, 0.3) is 0 Å². The number of hydrogen-bond acceptors (Lipinski definition) is 3. The molecular weight excluding hydrogens is 234 g/mol. The third-order valence-corrected chi connectivity index (χ3v) is 3.98. The summed E-state index contributed by atoms with van der Waals surface area (Å²) < 4.78 is 0. The first-order chi connectivity index (χ1) is 9.01. The Morgan fingerprint density at radius 1 is 1.21 bits per heavy atom. The summed E-state index contributed by atoms with van der Waals surface area (Å²) in [7, 11) is 2.12. The highest BCUT2D eigenvalue weighted by Gasteiger charge is 2.29. The average Bonchev–Trinajstić information content (AvgIpc) is 2.31. The van der Waals surface area contributed by atoms with Gasteiger partial charge in [-0.2, -0.15) is 5.26 Å². The topological polar surface area (TPSA) is 30.3 Å². The van der Waals surface area contributed by atoms with Crippen molar-refractivity contribution in [3.05, 3.63) is 29.3 Å². The second-order valence-electron chi connectivity index (χ2n) is 5.80. The third-order valence-electron chi connectivity index (χ3n) is 3.98. The summed E-state index contributed by atoms with van der Waals surface area (Å²) in [5, 5.41) is 8.95. The Bertz CT molecular complexity index is 469. The van der Waals surface area contributed by atoms with Crippen LogP contribution < -0.4 is 4.90 Å². The maximum atomic E-state index is 8.95. The van der Waals surface area contributed by atoms with E-state index in [4.69, 9.17) is 5.26 Å². The van der Waals surface area contributed by atoms with E-state index >= 15 is 0 Å². The smallest absolute Gasteiger partial charge is 0.0638 e. The minimum absolute atomic E-state index is 0.335. The van der Waals surface area contributed by atoms with Gasteiger partial charge in [-0.05, 0) is 51.1 Å². The van der Waals surface area contributed by atoms with Crippen LogP contribution in [0.3, 0.4) is 0 Å². The normalized spacial score (nSPS) is 24.3. The number of piperazine rings is 1. The molecule has 102 valence electrons. The Kier molecular flexibility index (Phi) is 4.11. The van der Waals surface area contributed by atoms with Crippen LogP contribution in [0.4, 0.5) is 5.69 Å². The molecule has 1 aromatic carbocycles. The highest BCUT2D eigenvalue weighted by Crippen LogP contribution is 2.25. The zero-order valence-corrected chi connectivity index (χ0v) is 12.3. The van der Waals surface area contributed by atoms with E-state index in [2.05, 4.69) is 61.9 Å².